The Labute approximate surface area is 100 Å². The van der Waals surface area contributed by atoms with Crippen molar-refractivity contribution in [2.24, 2.45) is 11.8 Å². The number of hydrogen-bond acceptors (Lipinski definition) is 1. The van der Waals surface area contributed by atoms with Crippen LogP contribution in [0.25, 0.3) is 0 Å². The molecular weight excluding hydrogens is 222 g/mol. The van der Waals surface area contributed by atoms with E-state index in [4.69, 9.17) is 0 Å². The molecule has 0 spiro atoms. The summed E-state index contributed by atoms with van der Waals surface area (Å²) in [4.78, 5) is 0. The van der Waals surface area contributed by atoms with Crippen LogP contribution in [0.1, 0.15) is 38.7 Å². The molecular formula is C14H18F2O. The molecule has 0 bridgehead atoms. The van der Waals surface area contributed by atoms with E-state index in [2.05, 4.69) is 6.92 Å². The zero-order valence-corrected chi connectivity index (χ0v) is 10.2. The first-order valence-corrected chi connectivity index (χ1v) is 6.11. The van der Waals surface area contributed by atoms with Gasteiger partial charge in [0.05, 0.1) is 5.60 Å². The molecule has 0 heterocycles. The van der Waals surface area contributed by atoms with E-state index in [9.17, 15) is 13.9 Å². The number of benzene rings is 1. The van der Waals surface area contributed by atoms with E-state index in [1.54, 1.807) is 0 Å². The maximum absolute atomic E-state index is 13.2. The summed E-state index contributed by atoms with van der Waals surface area (Å²) in [5.74, 6) is -1.11. The Morgan fingerprint density at radius 3 is 2.53 bits per heavy atom. The molecule has 3 unspecified atom stereocenters. The molecule has 3 atom stereocenters. The van der Waals surface area contributed by atoms with Crippen molar-refractivity contribution in [2.45, 2.75) is 38.7 Å². The van der Waals surface area contributed by atoms with Crippen molar-refractivity contribution in [3.05, 3.63) is 35.4 Å². The molecule has 17 heavy (non-hydrogen) atoms. The Morgan fingerprint density at radius 1 is 1.24 bits per heavy atom. The normalized spacial score (nSPS) is 33.7. The fourth-order valence-corrected chi connectivity index (χ4v) is 2.82. The van der Waals surface area contributed by atoms with Gasteiger partial charge in [-0.3, -0.25) is 0 Å². The van der Waals surface area contributed by atoms with Gasteiger partial charge in [0.2, 0.25) is 0 Å². The van der Waals surface area contributed by atoms with Crippen LogP contribution in [0.5, 0.6) is 0 Å². The number of aliphatic hydroxyl groups is 1. The Hall–Kier alpha value is -0.960. The second-order valence-electron chi connectivity index (χ2n) is 5.33. The van der Waals surface area contributed by atoms with E-state index >= 15 is 0 Å². The van der Waals surface area contributed by atoms with Crippen LogP contribution >= 0.6 is 0 Å². The van der Waals surface area contributed by atoms with Crippen molar-refractivity contribution in [3.8, 4) is 0 Å². The topological polar surface area (TPSA) is 20.2 Å². The standard InChI is InChI=1S/C14H18F2O/c1-9-5-6-14(17,10(2)7-9)11-3-4-12(15)13(16)8-11/h3-4,8-10,17H,5-7H2,1-2H3. The molecule has 0 saturated heterocycles. The fourth-order valence-electron chi connectivity index (χ4n) is 2.82. The van der Waals surface area contributed by atoms with E-state index in [0.29, 0.717) is 17.9 Å². The minimum Gasteiger partial charge on any atom is -0.385 e. The molecule has 1 aromatic carbocycles. The highest BCUT2D eigenvalue weighted by Gasteiger charge is 2.40. The van der Waals surface area contributed by atoms with Gasteiger partial charge in [-0.05, 0) is 48.8 Å². The monoisotopic (exact) mass is 240 g/mol. The van der Waals surface area contributed by atoms with Crippen LogP contribution in [0.3, 0.4) is 0 Å². The van der Waals surface area contributed by atoms with Gasteiger partial charge < -0.3 is 5.11 Å². The third-order valence-corrected chi connectivity index (χ3v) is 4.01. The molecule has 1 saturated carbocycles. The van der Waals surface area contributed by atoms with Crippen molar-refractivity contribution in [1.29, 1.82) is 0 Å². The lowest BCUT2D eigenvalue weighted by molar-refractivity contribution is -0.0590. The van der Waals surface area contributed by atoms with Gasteiger partial charge in [0.1, 0.15) is 0 Å². The van der Waals surface area contributed by atoms with Crippen LogP contribution < -0.4 is 0 Å². The average molecular weight is 240 g/mol. The second kappa shape index (κ2) is 4.37. The molecule has 0 aliphatic heterocycles. The lowest BCUT2D eigenvalue weighted by atomic mass is 9.69. The predicted molar refractivity (Wildman–Crippen MR) is 62.4 cm³/mol. The van der Waals surface area contributed by atoms with Gasteiger partial charge in [0.25, 0.3) is 0 Å². The Bertz CT molecular complexity index is 419. The second-order valence-corrected chi connectivity index (χ2v) is 5.33. The van der Waals surface area contributed by atoms with Crippen molar-refractivity contribution in [1.82, 2.24) is 0 Å². The lowest BCUT2D eigenvalue weighted by Crippen LogP contribution is -2.38. The molecule has 1 N–H and O–H groups in total. The van der Waals surface area contributed by atoms with Crippen LogP contribution in [0, 0.1) is 23.5 Å². The largest absolute Gasteiger partial charge is 0.385 e. The zero-order chi connectivity index (χ0) is 12.6. The molecule has 94 valence electrons. The Morgan fingerprint density at radius 2 is 1.94 bits per heavy atom. The summed E-state index contributed by atoms with van der Waals surface area (Å²) >= 11 is 0. The average Bonchev–Trinajstić information content (AvgIpc) is 2.28. The summed E-state index contributed by atoms with van der Waals surface area (Å²) in [6.07, 6.45) is 2.44. The summed E-state index contributed by atoms with van der Waals surface area (Å²) in [7, 11) is 0. The van der Waals surface area contributed by atoms with Gasteiger partial charge >= 0.3 is 0 Å². The Kier molecular flexibility index (Phi) is 3.21. The molecule has 1 fully saturated rings. The molecule has 0 aromatic heterocycles. The molecule has 1 aliphatic carbocycles. The molecule has 1 aliphatic rings. The van der Waals surface area contributed by atoms with Crippen LogP contribution in [0.4, 0.5) is 8.78 Å². The molecule has 0 radical (unpaired) electrons. The molecule has 1 nitrogen and oxygen atoms in total. The number of halogens is 2. The van der Waals surface area contributed by atoms with Gasteiger partial charge in [0, 0.05) is 0 Å². The predicted octanol–water partition coefficient (Wildman–Crippen LogP) is 3.61. The number of rotatable bonds is 1. The smallest absolute Gasteiger partial charge is 0.159 e. The molecule has 2 rings (SSSR count). The summed E-state index contributed by atoms with van der Waals surface area (Å²) in [6, 6.07) is 3.71. The van der Waals surface area contributed by atoms with Gasteiger partial charge in [0.15, 0.2) is 11.6 Å². The zero-order valence-electron chi connectivity index (χ0n) is 10.2. The summed E-state index contributed by atoms with van der Waals surface area (Å²) in [5.41, 5.74) is -0.517. The lowest BCUT2D eigenvalue weighted by Gasteiger charge is -2.41. The van der Waals surface area contributed by atoms with Crippen LogP contribution in [0.2, 0.25) is 0 Å². The maximum Gasteiger partial charge on any atom is 0.159 e. The quantitative estimate of drug-likeness (QED) is 0.795. The van der Waals surface area contributed by atoms with Gasteiger partial charge in [-0.1, -0.05) is 19.9 Å². The van der Waals surface area contributed by atoms with E-state index in [1.165, 1.54) is 6.07 Å². The SMILES string of the molecule is CC1CCC(O)(c2ccc(F)c(F)c2)C(C)C1. The first-order valence-electron chi connectivity index (χ1n) is 6.11. The highest BCUT2D eigenvalue weighted by atomic mass is 19.2. The minimum atomic E-state index is -1.01. The van der Waals surface area contributed by atoms with Gasteiger partial charge in [-0.15, -0.1) is 0 Å². The van der Waals surface area contributed by atoms with Crippen LogP contribution in [-0.2, 0) is 5.60 Å². The molecule has 0 amide bonds. The third-order valence-electron chi connectivity index (χ3n) is 4.01. The van der Waals surface area contributed by atoms with E-state index < -0.39 is 17.2 Å². The maximum atomic E-state index is 13.2. The first-order chi connectivity index (χ1) is 7.93. The fraction of sp³-hybridized carbons (Fsp3) is 0.571. The summed E-state index contributed by atoms with van der Waals surface area (Å²) in [5, 5.41) is 10.7. The van der Waals surface area contributed by atoms with Gasteiger partial charge in [-0.2, -0.15) is 0 Å². The van der Waals surface area contributed by atoms with Crippen molar-refractivity contribution < 1.29 is 13.9 Å². The van der Waals surface area contributed by atoms with E-state index in [0.717, 1.165) is 25.0 Å². The van der Waals surface area contributed by atoms with Crippen LogP contribution in [0.15, 0.2) is 18.2 Å². The third kappa shape index (κ3) is 2.21. The number of hydrogen-bond donors (Lipinski definition) is 1. The summed E-state index contributed by atoms with van der Waals surface area (Å²) in [6.45, 7) is 4.12. The first kappa shape index (κ1) is 12.5. The van der Waals surface area contributed by atoms with E-state index in [1.807, 2.05) is 6.92 Å². The van der Waals surface area contributed by atoms with E-state index in [-0.39, 0.29) is 5.92 Å². The van der Waals surface area contributed by atoms with Crippen molar-refractivity contribution in [3.63, 3.8) is 0 Å². The highest BCUT2D eigenvalue weighted by Crippen LogP contribution is 2.43. The Balaban J connectivity index is 2.34. The van der Waals surface area contributed by atoms with Gasteiger partial charge in [-0.25, -0.2) is 8.78 Å². The van der Waals surface area contributed by atoms with Crippen molar-refractivity contribution in [2.75, 3.05) is 0 Å². The molecule has 3 heteroatoms. The highest BCUT2D eigenvalue weighted by molar-refractivity contribution is 5.25. The molecule has 1 aromatic rings. The minimum absolute atomic E-state index is 0.0658. The van der Waals surface area contributed by atoms with Crippen molar-refractivity contribution >= 4 is 0 Å². The summed E-state index contributed by atoms with van der Waals surface area (Å²) < 4.78 is 26.1. The van der Waals surface area contributed by atoms with Crippen LogP contribution in [-0.4, -0.2) is 5.11 Å².